The summed E-state index contributed by atoms with van der Waals surface area (Å²) in [6.45, 7) is 0.0786. The molecule has 1 aromatic rings. The number of nitrogens with two attached hydrogens (primary N) is 1. The number of rotatable bonds is 4. The summed E-state index contributed by atoms with van der Waals surface area (Å²) in [5, 5.41) is 9.08. The predicted octanol–water partition coefficient (Wildman–Crippen LogP) is 0.596. The summed E-state index contributed by atoms with van der Waals surface area (Å²) in [6, 6.07) is 1.59. The van der Waals surface area contributed by atoms with Crippen LogP contribution in [0.2, 0.25) is 0 Å². The van der Waals surface area contributed by atoms with Gasteiger partial charge in [-0.15, -0.1) is 0 Å². The Labute approximate surface area is 109 Å². The number of sulfonamides is 1. The molecule has 8 heteroatoms. The number of hydrogen-bond donors (Lipinski definition) is 3. The fourth-order valence-corrected chi connectivity index (χ4v) is 3.19. The number of benzene rings is 1. The molecular formula is C11H14F2N2O3S. The van der Waals surface area contributed by atoms with E-state index >= 15 is 0 Å². The molecule has 0 aromatic heterocycles. The Bertz CT molecular complexity index is 586. The quantitative estimate of drug-likeness (QED) is 0.708. The van der Waals surface area contributed by atoms with Crippen molar-refractivity contribution in [2.75, 3.05) is 12.3 Å². The maximum Gasteiger partial charge on any atom is 0.243 e. The van der Waals surface area contributed by atoms with Gasteiger partial charge in [0.15, 0.2) is 11.6 Å². The van der Waals surface area contributed by atoms with Gasteiger partial charge in [-0.3, -0.25) is 0 Å². The van der Waals surface area contributed by atoms with E-state index in [4.69, 9.17) is 10.8 Å². The van der Waals surface area contributed by atoms with Gasteiger partial charge in [-0.1, -0.05) is 0 Å². The number of anilines is 1. The second-order valence-corrected chi connectivity index (χ2v) is 6.39. The summed E-state index contributed by atoms with van der Waals surface area (Å²) in [7, 11) is -4.15. The minimum atomic E-state index is -4.15. The van der Waals surface area contributed by atoms with E-state index < -0.39 is 32.7 Å². The van der Waals surface area contributed by atoms with Gasteiger partial charge in [0, 0.05) is 12.2 Å². The van der Waals surface area contributed by atoms with E-state index in [1.54, 1.807) is 0 Å². The van der Waals surface area contributed by atoms with Gasteiger partial charge in [0.05, 0.1) is 6.10 Å². The van der Waals surface area contributed by atoms with Crippen LogP contribution in [-0.2, 0) is 10.0 Å². The van der Waals surface area contributed by atoms with Crippen molar-refractivity contribution in [2.45, 2.75) is 23.8 Å². The lowest BCUT2D eigenvalue weighted by atomic mass is 9.83. The Morgan fingerprint density at radius 3 is 2.58 bits per heavy atom. The van der Waals surface area contributed by atoms with Crippen LogP contribution < -0.4 is 10.5 Å². The first kappa shape index (κ1) is 14.2. The minimum absolute atomic E-state index is 0.0127. The molecule has 0 heterocycles. The van der Waals surface area contributed by atoms with Crippen LogP contribution >= 0.6 is 0 Å². The highest BCUT2D eigenvalue weighted by Crippen LogP contribution is 2.27. The Kier molecular flexibility index (Phi) is 3.75. The van der Waals surface area contributed by atoms with E-state index in [9.17, 15) is 17.2 Å². The lowest BCUT2D eigenvalue weighted by Gasteiger charge is -2.31. The zero-order valence-corrected chi connectivity index (χ0v) is 10.8. The van der Waals surface area contributed by atoms with Crippen LogP contribution in [0.15, 0.2) is 17.0 Å². The zero-order valence-electron chi connectivity index (χ0n) is 9.94. The van der Waals surface area contributed by atoms with Gasteiger partial charge in [0.1, 0.15) is 4.90 Å². The van der Waals surface area contributed by atoms with Crippen molar-refractivity contribution in [3.8, 4) is 0 Å². The molecule has 0 spiro atoms. The minimum Gasteiger partial charge on any atom is -0.399 e. The second-order valence-electron chi connectivity index (χ2n) is 4.66. The fraction of sp³-hybridized carbons (Fsp3) is 0.455. The van der Waals surface area contributed by atoms with Crippen LogP contribution in [0.3, 0.4) is 0 Å². The lowest BCUT2D eigenvalue weighted by Crippen LogP contribution is -2.38. The maximum absolute atomic E-state index is 13.5. The van der Waals surface area contributed by atoms with Gasteiger partial charge >= 0.3 is 0 Å². The fourth-order valence-electron chi connectivity index (χ4n) is 1.95. The predicted molar refractivity (Wildman–Crippen MR) is 64.7 cm³/mol. The molecule has 0 amide bonds. The van der Waals surface area contributed by atoms with Crippen molar-refractivity contribution in [1.29, 1.82) is 0 Å². The summed E-state index contributed by atoms with van der Waals surface area (Å²) in [6.07, 6.45) is 0.586. The molecule has 1 aromatic carbocycles. The molecule has 19 heavy (non-hydrogen) atoms. The third-order valence-corrected chi connectivity index (χ3v) is 4.50. The topological polar surface area (TPSA) is 92.4 Å². The number of aliphatic hydroxyl groups is 1. The first-order valence-electron chi connectivity index (χ1n) is 5.72. The standard InChI is InChI=1S/C11H14F2N2O3S/c12-9-3-7(14)4-10(11(9)13)19(17,18)15-5-6-1-8(16)2-6/h3-4,6,8,15-16H,1-2,5,14H2. The van der Waals surface area contributed by atoms with Crippen LogP contribution in [0.1, 0.15) is 12.8 Å². The summed E-state index contributed by atoms with van der Waals surface area (Å²) in [4.78, 5) is -0.801. The molecule has 1 fully saturated rings. The molecule has 2 rings (SSSR count). The summed E-state index contributed by atoms with van der Waals surface area (Å²) >= 11 is 0. The Morgan fingerprint density at radius 1 is 1.37 bits per heavy atom. The average molecular weight is 292 g/mol. The van der Waals surface area contributed by atoms with Gasteiger partial charge in [0.25, 0.3) is 0 Å². The molecule has 1 aliphatic rings. The number of hydrogen-bond acceptors (Lipinski definition) is 4. The SMILES string of the molecule is Nc1cc(F)c(F)c(S(=O)(=O)NCC2CC(O)C2)c1. The summed E-state index contributed by atoms with van der Waals surface area (Å²) in [5.74, 6) is -2.74. The molecule has 0 aliphatic heterocycles. The third kappa shape index (κ3) is 3.02. The molecule has 1 aliphatic carbocycles. The molecular weight excluding hydrogens is 278 g/mol. The molecule has 0 radical (unpaired) electrons. The Morgan fingerprint density at radius 2 is 2.00 bits per heavy atom. The van der Waals surface area contributed by atoms with E-state index in [1.807, 2.05) is 0 Å². The maximum atomic E-state index is 13.5. The van der Waals surface area contributed by atoms with Gasteiger partial charge in [0.2, 0.25) is 10.0 Å². The van der Waals surface area contributed by atoms with E-state index in [0.29, 0.717) is 12.8 Å². The number of nitrogens with one attached hydrogen (secondary N) is 1. The number of aliphatic hydroxyl groups excluding tert-OH is 1. The average Bonchev–Trinajstić information content (AvgIpc) is 2.27. The van der Waals surface area contributed by atoms with Gasteiger partial charge in [-0.05, 0) is 30.9 Å². The zero-order chi connectivity index (χ0) is 14.2. The second kappa shape index (κ2) is 5.03. The highest BCUT2D eigenvalue weighted by atomic mass is 32.2. The number of halogens is 2. The van der Waals surface area contributed by atoms with Gasteiger partial charge in [-0.2, -0.15) is 0 Å². The number of nitrogen functional groups attached to an aromatic ring is 1. The normalized spacial score (nSPS) is 23.1. The van der Waals surface area contributed by atoms with E-state index in [-0.39, 0.29) is 18.2 Å². The van der Waals surface area contributed by atoms with Crippen molar-refractivity contribution >= 4 is 15.7 Å². The molecule has 4 N–H and O–H groups in total. The van der Waals surface area contributed by atoms with Crippen molar-refractivity contribution in [3.05, 3.63) is 23.8 Å². The van der Waals surface area contributed by atoms with Crippen LogP contribution in [0.5, 0.6) is 0 Å². The van der Waals surface area contributed by atoms with Crippen LogP contribution in [0, 0.1) is 17.6 Å². The molecule has 0 unspecified atom stereocenters. The first-order chi connectivity index (χ1) is 8.79. The molecule has 1 saturated carbocycles. The van der Waals surface area contributed by atoms with Gasteiger partial charge in [-0.25, -0.2) is 21.9 Å². The van der Waals surface area contributed by atoms with Crippen LogP contribution in [-0.4, -0.2) is 26.2 Å². The lowest BCUT2D eigenvalue weighted by molar-refractivity contribution is 0.0453. The largest absolute Gasteiger partial charge is 0.399 e. The Balaban J connectivity index is 2.15. The van der Waals surface area contributed by atoms with E-state index in [1.165, 1.54) is 0 Å². The summed E-state index contributed by atoms with van der Waals surface area (Å²) in [5.41, 5.74) is 5.14. The summed E-state index contributed by atoms with van der Waals surface area (Å²) < 4.78 is 52.5. The van der Waals surface area contributed by atoms with Gasteiger partial charge < -0.3 is 10.8 Å². The van der Waals surface area contributed by atoms with E-state index in [2.05, 4.69) is 4.72 Å². The molecule has 0 atom stereocenters. The van der Waals surface area contributed by atoms with Crippen molar-refractivity contribution in [1.82, 2.24) is 4.72 Å². The molecule has 5 nitrogen and oxygen atoms in total. The van der Waals surface area contributed by atoms with Crippen LogP contribution in [0.25, 0.3) is 0 Å². The highest BCUT2D eigenvalue weighted by molar-refractivity contribution is 7.89. The molecule has 106 valence electrons. The third-order valence-electron chi connectivity index (χ3n) is 3.08. The molecule has 0 saturated heterocycles. The Hall–Kier alpha value is -1.25. The first-order valence-corrected chi connectivity index (χ1v) is 7.20. The van der Waals surface area contributed by atoms with E-state index in [0.717, 1.165) is 12.1 Å². The van der Waals surface area contributed by atoms with Crippen molar-refractivity contribution in [2.24, 2.45) is 5.92 Å². The smallest absolute Gasteiger partial charge is 0.243 e. The van der Waals surface area contributed by atoms with Crippen LogP contribution in [0.4, 0.5) is 14.5 Å². The highest BCUT2D eigenvalue weighted by Gasteiger charge is 2.29. The monoisotopic (exact) mass is 292 g/mol. The van der Waals surface area contributed by atoms with Crippen molar-refractivity contribution < 1.29 is 22.3 Å². The molecule has 0 bridgehead atoms. The van der Waals surface area contributed by atoms with Crippen molar-refractivity contribution in [3.63, 3.8) is 0 Å².